The summed E-state index contributed by atoms with van der Waals surface area (Å²) in [6, 6.07) is 3.00. The molecule has 0 unspecified atom stereocenters. The molecular formula is C11H9N3O3S. The van der Waals surface area contributed by atoms with Gasteiger partial charge in [0.25, 0.3) is 0 Å². The topological polar surface area (TPSA) is 85.2 Å². The van der Waals surface area contributed by atoms with Crippen molar-refractivity contribution in [2.24, 2.45) is 0 Å². The van der Waals surface area contributed by atoms with Crippen LogP contribution in [-0.2, 0) is 0 Å². The predicted molar refractivity (Wildman–Crippen MR) is 65.1 cm³/mol. The van der Waals surface area contributed by atoms with Gasteiger partial charge in [0, 0.05) is 12.3 Å². The van der Waals surface area contributed by atoms with Crippen LogP contribution in [0.5, 0.6) is 11.6 Å². The van der Waals surface area contributed by atoms with Gasteiger partial charge >= 0.3 is 5.97 Å². The smallest absolute Gasteiger partial charge is 0.339 e. The number of nitrogens with zero attached hydrogens (tertiary/aromatic N) is 3. The average molecular weight is 263 g/mol. The van der Waals surface area contributed by atoms with Crippen molar-refractivity contribution in [2.75, 3.05) is 6.26 Å². The maximum absolute atomic E-state index is 11.0. The van der Waals surface area contributed by atoms with Crippen LogP contribution in [0.1, 0.15) is 10.4 Å². The normalized spacial score (nSPS) is 10.1. The molecule has 0 amide bonds. The predicted octanol–water partition coefficient (Wildman–Crippen LogP) is 2.08. The van der Waals surface area contributed by atoms with E-state index in [1.165, 1.54) is 36.5 Å². The van der Waals surface area contributed by atoms with Gasteiger partial charge in [0.05, 0.1) is 6.20 Å². The fourth-order valence-electron chi connectivity index (χ4n) is 1.24. The van der Waals surface area contributed by atoms with E-state index in [1.807, 2.05) is 6.26 Å². The van der Waals surface area contributed by atoms with Crippen molar-refractivity contribution in [1.82, 2.24) is 15.0 Å². The Bertz CT molecular complexity index is 577. The van der Waals surface area contributed by atoms with E-state index in [2.05, 4.69) is 15.0 Å². The Morgan fingerprint density at radius 3 is 3.00 bits per heavy atom. The van der Waals surface area contributed by atoms with Crippen molar-refractivity contribution >= 4 is 17.7 Å². The number of aromatic carboxylic acids is 1. The monoisotopic (exact) mass is 263 g/mol. The van der Waals surface area contributed by atoms with E-state index in [-0.39, 0.29) is 17.2 Å². The molecule has 0 aliphatic rings. The quantitative estimate of drug-likeness (QED) is 0.667. The molecule has 7 heteroatoms. The molecule has 0 fully saturated rings. The third kappa shape index (κ3) is 2.75. The second kappa shape index (κ2) is 5.46. The summed E-state index contributed by atoms with van der Waals surface area (Å²) in [6.07, 6.45) is 5.96. The molecule has 2 heterocycles. The van der Waals surface area contributed by atoms with Crippen LogP contribution in [-0.4, -0.2) is 32.3 Å². The summed E-state index contributed by atoms with van der Waals surface area (Å²) in [5.41, 5.74) is 0.0364. The summed E-state index contributed by atoms with van der Waals surface area (Å²) in [6.45, 7) is 0. The average Bonchev–Trinajstić information content (AvgIpc) is 2.39. The third-order valence-corrected chi connectivity index (χ3v) is 2.70. The lowest BCUT2D eigenvalue weighted by molar-refractivity contribution is 0.0694. The van der Waals surface area contributed by atoms with Crippen LogP contribution in [0, 0.1) is 0 Å². The van der Waals surface area contributed by atoms with Crippen LogP contribution < -0.4 is 4.74 Å². The lowest BCUT2D eigenvalue weighted by Crippen LogP contribution is -2.01. The van der Waals surface area contributed by atoms with Gasteiger partial charge in [0.2, 0.25) is 5.88 Å². The highest BCUT2D eigenvalue weighted by Gasteiger charge is 2.12. The van der Waals surface area contributed by atoms with E-state index in [0.29, 0.717) is 0 Å². The van der Waals surface area contributed by atoms with Crippen molar-refractivity contribution in [2.45, 2.75) is 5.03 Å². The third-order valence-electron chi connectivity index (χ3n) is 2.06. The van der Waals surface area contributed by atoms with Crippen molar-refractivity contribution in [3.63, 3.8) is 0 Å². The SMILES string of the molecule is CSc1cc(Oc2cnccc2C(=O)O)ncn1. The Morgan fingerprint density at radius 1 is 1.44 bits per heavy atom. The molecule has 0 radical (unpaired) electrons. The Morgan fingerprint density at radius 2 is 2.28 bits per heavy atom. The molecule has 1 N–H and O–H groups in total. The number of thioether (sulfide) groups is 1. The minimum absolute atomic E-state index is 0.0364. The van der Waals surface area contributed by atoms with E-state index in [0.717, 1.165) is 5.03 Å². The summed E-state index contributed by atoms with van der Waals surface area (Å²) >= 11 is 1.44. The van der Waals surface area contributed by atoms with Crippen LogP contribution in [0.15, 0.2) is 35.9 Å². The highest BCUT2D eigenvalue weighted by atomic mass is 32.2. The molecule has 0 saturated heterocycles. The van der Waals surface area contributed by atoms with E-state index < -0.39 is 5.97 Å². The van der Waals surface area contributed by atoms with Crippen LogP contribution >= 0.6 is 11.8 Å². The first-order valence-electron chi connectivity index (χ1n) is 4.92. The maximum Gasteiger partial charge on any atom is 0.339 e. The minimum atomic E-state index is -1.08. The highest BCUT2D eigenvalue weighted by molar-refractivity contribution is 7.98. The Kier molecular flexibility index (Phi) is 3.73. The van der Waals surface area contributed by atoms with Crippen LogP contribution in [0.2, 0.25) is 0 Å². The molecule has 92 valence electrons. The molecule has 0 spiro atoms. The Hall–Kier alpha value is -2.15. The van der Waals surface area contributed by atoms with Crippen molar-refractivity contribution < 1.29 is 14.6 Å². The van der Waals surface area contributed by atoms with Crippen LogP contribution in [0.25, 0.3) is 0 Å². The molecule has 18 heavy (non-hydrogen) atoms. The zero-order chi connectivity index (χ0) is 13.0. The number of rotatable bonds is 4. The molecule has 0 aromatic carbocycles. The molecule has 0 aliphatic heterocycles. The summed E-state index contributed by atoms with van der Waals surface area (Å²) in [4.78, 5) is 22.7. The van der Waals surface area contributed by atoms with E-state index in [4.69, 9.17) is 9.84 Å². The fraction of sp³-hybridized carbons (Fsp3) is 0.0909. The lowest BCUT2D eigenvalue weighted by Gasteiger charge is -2.07. The second-order valence-corrected chi connectivity index (χ2v) is 4.00. The summed E-state index contributed by atoms with van der Waals surface area (Å²) in [5.74, 6) is -0.646. The van der Waals surface area contributed by atoms with Gasteiger partial charge in [-0.2, -0.15) is 0 Å². The van der Waals surface area contributed by atoms with E-state index >= 15 is 0 Å². The van der Waals surface area contributed by atoms with Crippen LogP contribution in [0.4, 0.5) is 0 Å². The first-order valence-corrected chi connectivity index (χ1v) is 6.14. The van der Waals surface area contributed by atoms with E-state index in [9.17, 15) is 4.79 Å². The largest absolute Gasteiger partial charge is 0.478 e. The highest BCUT2D eigenvalue weighted by Crippen LogP contribution is 2.24. The molecular weight excluding hydrogens is 254 g/mol. The van der Waals surface area contributed by atoms with Gasteiger partial charge in [-0.3, -0.25) is 4.98 Å². The van der Waals surface area contributed by atoms with Gasteiger partial charge in [-0.1, -0.05) is 0 Å². The van der Waals surface area contributed by atoms with Gasteiger partial charge in [0.15, 0.2) is 5.75 Å². The molecule has 2 aromatic rings. The number of pyridine rings is 1. The number of carbonyl (C=O) groups is 1. The number of ether oxygens (including phenoxy) is 1. The maximum atomic E-state index is 11.0. The molecule has 0 aliphatic carbocycles. The fourth-order valence-corrected chi connectivity index (χ4v) is 1.61. The number of hydrogen-bond acceptors (Lipinski definition) is 6. The van der Waals surface area contributed by atoms with Gasteiger partial charge in [-0.05, 0) is 12.3 Å². The summed E-state index contributed by atoms with van der Waals surface area (Å²) < 4.78 is 5.41. The Balaban J connectivity index is 2.31. The molecule has 2 rings (SSSR count). The van der Waals surface area contributed by atoms with E-state index in [1.54, 1.807) is 6.07 Å². The zero-order valence-corrected chi connectivity index (χ0v) is 10.2. The van der Waals surface area contributed by atoms with Crippen LogP contribution in [0.3, 0.4) is 0 Å². The number of hydrogen-bond donors (Lipinski definition) is 1. The van der Waals surface area contributed by atoms with Crippen molar-refractivity contribution in [3.8, 4) is 11.6 Å². The molecule has 0 saturated carbocycles. The van der Waals surface area contributed by atoms with Gasteiger partial charge in [-0.25, -0.2) is 14.8 Å². The molecule has 6 nitrogen and oxygen atoms in total. The summed E-state index contributed by atoms with van der Waals surface area (Å²) in [7, 11) is 0. The lowest BCUT2D eigenvalue weighted by atomic mass is 10.2. The van der Waals surface area contributed by atoms with Gasteiger partial charge in [0.1, 0.15) is 16.9 Å². The molecule has 0 atom stereocenters. The number of carboxylic acids is 1. The number of carboxylic acid groups (broad SMARTS) is 1. The summed E-state index contributed by atoms with van der Waals surface area (Å²) in [5, 5.41) is 9.74. The zero-order valence-electron chi connectivity index (χ0n) is 9.40. The van der Waals surface area contributed by atoms with Crippen molar-refractivity contribution in [3.05, 3.63) is 36.4 Å². The second-order valence-electron chi connectivity index (χ2n) is 3.18. The standard InChI is InChI=1S/C11H9N3O3S/c1-18-10-4-9(13-6-14-10)17-8-5-12-3-2-7(8)11(15)16/h2-6H,1H3,(H,15,16). The first kappa shape index (κ1) is 12.3. The Labute approximate surface area is 107 Å². The minimum Gasteiger partial charge on any atom is -0.478 e. The van der Waals surface area contributed by atoms with Gasteiger partial charge in [-0.15, -0.1) is 11.8 Å². The first-order chi connectivity index (χ1) is 8.70. The van der Waals surface area contributed by atoms with Gasteiger partial charge < -0.3 is 9.84 Å². The number of aromatic nitrogens is 3. The van der Waals surface area contributed by atoms with Crippen molar-refractivity contribution in [1.29, 1.82) is 0 Å². The molecule has 2 aromatic heterocycles. The molecule has 0 bridgehead atoms.